The SMILES string of the molecule is CCOC(=O)CC(C)=NNC(=O)CN(c1ccc(Br)cc1)S(=O)(=O)c1ccccc1. The van der Waals surface area contributed by atoms with E-state index < -0.39 is 28.4 Å². The quantitative estimate of drug-likeness (QED) is 0.326. The molecule has 30 heavy (non-hydrogen) atoms. The van der Waals surface area contributed by atoms with Crippen molar-refractivity contribution in [2.45, 2.75) is 25.2 Å². The van der Waals surface area contributed by atoms with Gasteiger partial charge >= 0.3 is 5.97 Å². The Morgan fingerprint density at radius 2 is 1.73 bits per heavy atom. The summed E-state index contributed by atoms with van der Waals surface area (Å²) in [6, 6.07) is 14.4. The van der Waals surface area contributed by atoms with Crippen molar-refractivity contribution in [3.05, 3.63) is 59.1 Å². The van der Waals surface area contributed by atoms with Crippen LogP contribution in [-0.2, 0) is 24.3 Å². The predicted octanol–water partition coefficient (Wildman–Crippen LogP) is 3.09. The molecular weight excluding hydrogens is 474 g/mol. The number of carbonyl (C=O) groups is 2. The van der Waals surface area contributed by atoms with E-state index in [1.807, 2.05) is 0 Å². The number of anilines is 1. The number of amides is 1. The zero-order chi connectivity index (χ0) is 22.1. The number of hydrogen-bond donors (Lipinski definition) is 1. The molecule has 0 atom stereocenters. The molecule has 0 unspecified atom stereocenters. The van der Waals surface area contributed by atoms with Crippen LogP contribution in [0.4, 0.5) is 5.69 Å². The molecule has 10 heteroatoms. The van der Waals surface area contributed by atoms with E-state index in [9.17, 15) is 18.0 Å². The van der Waals surface area contributed by atoms with Gasteiger partial charge in [0.25, 0.3) is 15.9 Å². The van der Waals surface area contributed by atoms with Crippen molar-refractivity contribution in [3.63, 3.8) is 0 Å². The van der Waals surface area contributed by atoms with Gasteiger partial charge in [0.1, 0.15) is 6.54 Å². The number of carbonyl (C=O) groups excluding carboxylic acids is 2. The van der Waals surface area contributed by atoms with Gasteiger partial charge in [-0.15, -0.1) is 0 Å². The Hall–Kier alpha value is -2.72. The Bertz CT molecular complexity index is 1010. The Morgan fingerprint density at radius 3 is 2.33 bits per heavy atom. The second-order valence-electron chi connectivity index (χ2n) is 6.17. The van der Waals surface area contributed by atoms with Gasteiger partial charge in [-0.2, -0.15) is 5.10 Å². The molecule has 0 spiro atoms. The maximum atomic E-state index is 13.1. The molecule has 0 bridgehead atoms. The van der Waals surface area contributed by atoms with Crippen LogP contribution in [0.2, 0.25) is 0 Å². The molecule has 2 aromatic rings. The lowest BCUT2D eigenvalue weighted by atomic mass is 10.3. The summed E-state index contributed by atoms with van der Waals surface area (Å²) in [7, 11) is -3.99. The van der Waals surface area contributed by atoms with Crippen molar-refractivity contribution in [3.8, 4) is 0 Å². The van der Waals surface area contributed by atoms with Gasteiger partial charge in [-0.25, -0.2) is 13.8 Å². The van der Waals surface area contributed by atoms with Crippen LogP contribution in [0.3, 0.4) is 0 Å². The Kier molecular flexibility index (Phi) is 8.55. The second-order valence-corrected chi connectivity index (χ2v) is 8.94. The number of halogens is 1. The third kappa shape index (κ3) is 6.67. The van der Waals surface area contributed by atoms with Gasteiger partial charge in [0.2, 0.25) is 0 Å². The van der Waals surface area contributed by atoms with Crippen LogP contribution in [0.25, 0.3) is 0 Å². The maximum Gasteiger partial charge on any atom is 0.311 e. The topological polar surface area (TPSA) is 105 Å². The number of ether oxygens (including phenoxy) is 1. The number of benzene rings is 2. The molecule has 2 aromatic carbocycles. The van der Waals surface area contributed by atoms with E-state index in [0.29, 0.717) is 11.4 Å². The molecule has 8 nitrogen and oxygen atoms in total. The standard InChI is InChI=1S/C20H22BrN3O5S/c1-3-29-20(26)13-15(2)22-23-19(25)14-24(17-11-9-16(21)10-12-17)30(27,28)18-7-5-4-6-8-18/h4-12H,3,13-14H2,1-2H3,(H,23,25). The van der Waals surface area contributed by atoms with E-state index in [2.05, 4.69) is 26.5 Å². The number of nitrogens with one attached hydrogen (secondary N) is 1. The molecule has 1 amide bonds. The van der Waals surface area contributed by atoms with E-state index in [-0.39, 0.29) is 17.9 Å². The summed E-state index contributed by atoms with van der Waals surface area (Å²) in [4.78, 5) is 24.0. The van der Waals surface area contributed by atoms with E-state index in [4.69, 9.17) is 4.74 Å². The van der Waals surface area contributed by atoms with Crippen LogP contribution >= 0.6 is 15.9 Å². The highest BCUT2D eigenvalue weighted by Gasteiger charge is 2.27. The van der Waals surface area contributed by atoms with E-state index in [1.165, 1.54) is 12.1 Å². The predicted molar refractivity (Wildman–Crippen MR) is 118 cm³/mol. The van der Waals surface area contributed by atoms with Crippen LogP contribution in [-0.4, -0.2) is 39.2 Å². The van der Waals surface area contributed by atoms with E-state index >= 15 is 0 Å². The fourth-order valence-corrected chi connectivity index (χ4v) is 4.13. The third-order valence-electron chi connectivity index (χ3n) is 3.81. The second kappa shape index (κ2) is 10.9. The summed E-state index contributed by atoms with van der Waals surface area (Å²) in [6.45, 7) is 3.01. The van der Waals surface area contributed by atoms with Gasteiger partial charge in [0, 0.05) is 10.2 Å². The smallest absolute Gasteiger partial charge is 0.311 e. The fraction of sp³-hybridized carbons (Fsp3) is 0.250. The lowest BCUT2D eigenvalue weighted by Crippen LogP contribution is -2.39. The minimum absolute atomic E-state index is 0.0581. The molecular formula is C20H22BrN3O5S. The maximum absolute atomic E-state index is 13.1. The molecule has 0 saturated heterocycles. The molecule has 0 heterocycles. The molecule has 0 aliphatic carbocycles. The highest BCUT2D eigenvalue weighted by Crippen LogP contribution is 2.25. The Balaban J connectivity index is 2.23. The van der Waals surface area contributed by atoms with Crippen molar-refractivity contribution in [2.75, 3.05) is 17.5 Å². The van der Waals surface area contributed by atoms with Gasteiger partial charge in [-0.3, -0.25) is 13.9 Å². The Morgan fingerprint density at radius 1 is 1.10 bits per heavy atom. The molecule has 2 rings (SSSR count). The number of rotatable bonds is 9. The van der Waals surface area contributed by atoms with Crippen LogP contribution in [0.15, 0.2) is 69.1 Å². The number of esters is 1. The molecule has 0 radical (unpaired) electrons. The number of hydrogen-bond acceptors (Lipinski definition) is 6. The van der Waals surface area contributed by atoms with Crippen molar-refractivity contribution < 1.29 is 22.7 Å². The minimum atomic E-state index is -3.99. The van der Waals surface area contributed by atoms with Crippen LogP contribution in [0.1, 0.15) is 20.3 Å². The lowest BCUT2D eigenvalue weighted by molar-refractivity contribution is -0.141. The zero-order valence-corrected chi connectivity index (χ0v) is 18.9. The molecule has 0 aliphatic heterocycles. The normalized spacial score (nSPS) is 11.6. The fourth-order valence-electron chi connectivity index (χ4n) is 2.43. The van der Waals surface area contributed by atoms with Gasteiger partial charge in [0.15, 0.2) is 0 Å². The lowest BCUT2D eigenvalue weighted by Gasteiger charge is -2.23. The van der Waals surface area contributed by atoms with Crippen molar-refractivity contribution in [1.29, 1.82) is 0 Å². The van der Waals surface area contributed by atoms with Crippen molar-refractivity contribution in [2.24, 2.45) is 5.10 Å². The largest absolute Gasteiger partial charge is 0.466 e. The minimum Gasteiger partial charge on any atom is -0.466 e. The van der Waals surface area contributed by atoms with Gasteiger partial charge < -0.3 is 4.74 Å². The summed E-state index contributed by atoms with van der Waals surface area (Å²) < 4.78 is 32.9. The van der Waals surface area contributed by atoms with Crippen LogP contribution in [0, 0.1) is 0 Å². The first-order chi connectivity index (χ1) is 14.2. The summed E-state index contributed by atoms with van der Waals surface area (Å²) >= 11 is 3.31. The van der Waals surface area contributed by atoms with Gasteiger partial charge in [-0.1, -0.05) is 34.1 Å². The molecule has 0 aromatic heterocycles. The molecule has 0 aliphatic rings. The first-order valence-electron chi connectivity index (χ1n) is 9.05. The summed E-state index contributed by atoms with van der Waals surface area (Å²) in [5.41, 5.74) is 2.95. The van der Waals surface area contributed by atoms with E-state index in [1.54, 1.807) is 56.3 Å². The summed E-state index contributed by atoms with van der Waals surface area (Å²) in [5, 5.41) is 3.85. The average Bonchev–Trinajstić information content (AvgIpc) is 2.72. The van der Waals surface area contributed by atoms with Crippen molar-refractivity contribution >= 4 is 49.2 Å². The summed E-state index contributed by atoms with van der Waals surface area (Å²) in [6.07, 6.45) is -0.0765. The monoisotopic (exact) mass is 495 g/mol. The zero-order valence-electron chi connectivity index (χ0n) is 16.5. The highest BCUT2D eigenvalue weighted by molar-refractivity contribution is 9.10. The van der Waals surface area contributed by atoms with Crippen LogP contribution < -0.4 is 9.73 Å². The molecule has 160 valence electrons. The Labute approximate surface area is 184 Å². The summed E-state index contributed by atoms with van der Waals surface area (Å²) in [5.74, 6) is -1.11. The average molecular weight is 496 g/mol. The van der Waals surface area contributed by atoms with Crippen molar-refractivity contribution in [1.82, 2.24) is 5.43 Å². The highest BCUT2D eigenvalue weighted by atomic mass is 79.9. The van der Waals surface area contributed by atoms with Gasteiger partial charge in [-0.05, 0) is 50.2 Å². The number of hydrazone groups is 1. The van der Waals surface area contributed by atoms with Crippen LogP contribution in [0.5, 0.6) is 0 Å². The van der Waals surface area contributed by atoms with Gasteiger partial charge in [0.05, 0.1) is 23.6 Å². The number of sulfonamides is 1. The number of nitrogens with zero attached hydrogens (tertiary/aromatic N) is 2. The molecule has 0 saturated carbocycles. The third-order valence-corrected chi connectivity index (χ3v) is 6.13. The van der Waals surface area contributed by atoms with E-state index in [0.717, 1.165) is 8.78 Å². The molecule has 1 N–H and O–H groups in total. The first kappa shape index (κ1) is 23.6. The first-order valence-corrected chi connectivity index (χ1v) is 11.3. The molecule has 0 fully saturated rings.